The van der Waals surface area contributed by atoms with Gasteiger partial charge in [-0.3, -0.25) is 0 Å². The lowest BCUT2D eigenvalue weighted by Crippen LogP contribution is -1.96. The average molecular weight is 379 g/mol. The lowest BCUT2D eigenvalue weighted by Gasteiger charge is -2.12. The van der Waals surface area contributed by atoms with Gasteiger partial charge in [0.2, 0.25) is 0 Å². The molecule has 2 aromatic rings. The third-order valence-electron chi connectivity index (χ3n) is 5.36. The molecular weight excluding hydrogens is 340 g/mol. The first-order chi connectivity index (χ1) is 13.8. The fourth-order valence-corrected chi connectivity index (χ4v) is 3.67. The van der Waals surface area contributed by atoms with E-state index in [4.69, 9.17) is 0 Å². The fourth-order valence-electron chi connectivity index (χ4n) is 3.67. The zero-order valence-corrected chi connectivity index (χ0v) is 18.0. The molecule has 0 radical (unpaired) electrons. The molecule has 2 heteroatoms. The van der Waals surface area contributed by atoms with Crippen LogP contribution in [0.25, 0.3) is 0 Å². The van der Waals surface area contributed by atoms with Gasteiger partial charge in [-0.15, -0.1) is 0 Å². The highest BCUT2D eigenvalue weighted by molar-refractivity contribution is 5.51. The average Bonchev–Trinajstić information content (AvgIpc) is 2.73. The van der Waals surface area contributed by atoms with E-state index < -0.39 is 0 Å². The van der Waals surface area contributed by atoms with E-state index in [-0.39, 0.29) is 0 Å². The van der Waals surface area contributed by atoms with Crippen LogP contribution in [0, 0.1) is 0 Å². The molecule has 0 N–H and O–H groups in total. The van der Waals surface area contributed by atoms with E-state index in [2.05, 4.69) is 42.3 Å². The summed E-state index contributed by atoms with van der Waals surface area (Å²) < 4.78 is 0. The van der Waals surface area contributed by atoms with Crippen molar-refractivity contribution in [1.82, 2.24) is 0 Å². The number of unbranched alkanes of at least 4 members (excludes halogenated alkanes) is 8. The molecule has 0 amide bonds. The van der Waals surface area contributed by atoms with Crippen LogP contribution in [-0.2, 0) is 12.8 Å². The van der Waals surface area contributed by atoms with Gasteiger partial charge in [-0.2, -0.15) is 10.2 Å². The molecule has 2 rings (SSSR count). The van der Waals surface area contributed by atoms with E-state index >= 15 is 0 Å². The van der Waals surface area contributed by atoms with Gasteiger partial charge in [0.1, 0.15) is 0 Å². The Balaban J connectivity index is 2.07. The molecule has 0 atom stereocenters. The van der Waals surface area contributed by atoms with Gasteiger partial charge in [0.05, 0.1) is 11.4 Å². The summed E-state index contributed by atoms with van der Waals surface area (Å²) in [6.07, 6.45) is 15.5. The Morgan fingerprint density at radius 3 is 1.89 bits per heavy atom. The molecule has 0 unspecified atom stereocenters. The molecule has 0 saturated heterocycles. The third kappa shape index (κ3) is 8.37. The van der Waals surface area contributed by atoms with Crippen LogP contribution < -0.4 is 0 Å². The van der Waals surface area contributed by atoms with Crippen LogP contribution in [0.3, 0.4) is 0 Å². The minimum atomic E-state index is 0.918. The lowest BCUT2D eigenvalue weighted by atomic mass is 9.95. The monoisotopic (exact) mass is 378 g/mol. The van der Waals surface area contributed by atoms with Crippen LogP contribution in [0.2, 0.25) is 0 Å². The zero-order chi connectivity index (χ0) is 19.9. The van der Waals surface area contributed by atoms with Gasteiger partial charge in [-0.25, -0.2) is 0 Å². The van der Waals surface area contributed by atoms with E-state index in [1.807, 2.05) is 30.3 Å². The van der Waals surface area contributed by atoms with Crippen molar-refractivity contribution < 1.29 is 0 Å². The van der Waals surface area contributed by atoms with Gasteiger partial charge in [-0.1, -0.05) is 95.5 Å². The van der Waals surface area contributed by atoms with Crippen LogP contribution in [-0.4, -0.2) is 0 Å². The molecular formula is C26H38N2. The standard InChI is InChI=1S/C26H38N2/c1-3-5-7-9-12-17-23-18-16-22-26(25(23)21-15-10-8-6-4-2)28-27-24-19-13-11-14-20-24/h11,13-14,16,18-20,22H,3-10,12,15,17,21H2,1-2H3. The maximum absolute atomic E-state index is 4.63. The summed E-state index contributed by atoms with van der Waals surface area (Å²) >= 11 is 0. The number of aryl methyl sites for hydroxylation is 1. The molecule has 0 aliphatic carbocycles. The molecule has 0 aliphatic heterocycles. The van der Waals surface area contributed by atoms with Crippen molar-refractivity contribution in [1.29, 1.82) is 0 Å². The summed E-state index contributed by atoms with van der Waals surface area (Å²) in [6.45, 7) is 4.55. The molecule has 28 heavy (non-hydrogen) atoms. The number of hydrogen-bond donors (Lipinski definition) is 0. The highest BCUT2D eigenvalue weighted by atomic mass is 15.1. The van der Waals surface area contributed by atoms with Gasteiger partial charge < -0.3 is 0 Å². The van der Waals surface area contributed by atoms with Crippen molar-refractivity contribution in [3.05, 3.63) is 59.7 Å². The molecule has 0 saturated carbocycles. The third-order valence-corrected chi connectivity index (χ3v) is 5.36. The summed E-state index contributed by atoms with van der Waals surface area (Å²) in [5.74, 6) is 0. The molecule has 0 heterocycles. The van der Waals surface area contributed by atoms with Crippen molar-refractivity contribution in [3.63, 3.8) is 0 Å². The Bertz CT molecular complexity index is 676. The SMILES string of the molecule is CCCCCCCc1cccc(N=Nc2ccccc2)c1CCCCCCC. The minimum absolute atomic E-state index is 0.918. The second kappa shape index (κ2) is 14.1. The first-order valence-electron chi connectivity index (χ1n) is 11.4. The Kier molecular flexibility index (Phi) is 11.2. The molecule has 152 valence electrons. The summed E-state index contributed by atoms with van der Waals surface area (Å²) in [4.78, 5) is 0. The van der Waals surface area contributed by atoms with E-state index in [1.165, 1.54) is 81.8 Å². The normalized spacial score (nSPS) is 11.4. The van der Waals surface area contributed by atoms with E-state index in [0.29, 0.717) is 0 Å². The van der Waals surface area contributed by atoms with Crippen LogP contribution in [0.5, 0.6) is 0 Å². The van der Waals surface area contributed by atoms with E-state index in [0.717, 1.165) is 17.8 Å². The summed E-state index contributed by atoms with van der Waals surface area (Å²) in [5, 5.41) is 9.12. The zero-order valence-electron chi connectivity index (χ0n) is 18.0. The Morgan fingerprint density at radius 1 is 0.571 bits per heavy atom. The van der Waals surface area contributed by atoms with Crippen molar-refractivity contribution in [2.45, 2.75) is 90.9 Å². The predicted octanol–water partition coefficient (Wildman–Crippen LogP) is 9.13. The first-order valence-corrected chi connectivity index (χ1v) is 11.4. The summed E-state index contributed by atoms with van der Waals surface area (Å²) in [5.41, 5.74) is 4.89. The van der Waals surface area contributed by atoms with Gasteiger partial charge in [0.15, 0.2) is 0 Å². The highest BCUT2D eigenvalue weighted by Crippen LogP contribution is 2.28. The second-order valence-corrected chi connectivity index (χ2v) is 7.78. The first kappa shape index (κ1) is 22.3. The molecule has 0 spiro atoms. The maximum atomic E-state index is 4.63. The fraction of sp³-hybridized carbons (Fsp3) is 0.538. The molecule has 2 aromatic carbocycles. The van der Waals surface area contributed by atoms with Crippen LogP contribution in [0.1, 0.15) is 89.2 Å². The van der Waals surface area contributed by atoms with Crippen LogP contribution in [0.4, 0.5) is 11.4 Å². The van der Waals surface area contributed by atoms with Gasteiger partial charge in [0, 0.05) is 0 Å². The van der Waals surface area contributed by atoms with E-state index in [9.17, 15) is 0 Å². The predicted molar refractivity (Wildman–Crippen MR) is 122 cm³/mol. The number of nitrogens with zero attached hydrogens (tertiary/aromatic N) is 2. The Labute approximate surface area is 172 Å². The molecule has 0 fully saturated rings. The Morgan fingerprint density at radius 2 is 1.21 bits per heavy atom. The van der Waals surface area contributed by atoms with Crippen LogP contribution in [0.15, 0.2) is 58.8 Å². The van der Waals surface area contributed by atoms with Crippen LogP contribution >= 0.6 is 0 Å². The van der Waals surface area contributed by atoms with Crippen molar-refractivity contribution in [3.8, 4) is 0 Å². The quantitative estimate of drug-likeness (QED) is 0.231. The highest BCUT2D eigenvalue weighted by Gasteiger charge is 2.08. The minimum Gasteiger partial charge on any atom is -0.151 e. The molecule has 0 aliphatic rings. The Hall–Kier alpha value is -1.96. The van der Waals surface area contributed by atoms with Crippen molar-refractivity contribution >= 4 is 11.4 Å². The molecule has 2 nitrogen and oxygen atoms in total. The van der Waals surface area contributed by atoms with Gasteiger partial charge >= 0.3 is 0 Å². The second-order valence-electron chi connectivity index (χ2n) is 7.78. The maximum Gasteiger partial charge on any atom is 0.0891 e. The lowest BCUT2D eigenvalue weighted by molar-refractivity contribution is 0.621. The number of benzene rings is 2. The van der Waals surface area contributed by atoms with Crippen molar-refractivity contribution in [2.75, 3.05) is 0 Å². The topological polar surface area (TPSA) is 24.7 Å². The number of hydrogen-bond acceptors (Lipinski definition) is 2. The van der Waals surface area contributed by atoms with Gasteiger partial charge in [-0.05, 0) is 55.0 Å². The van der Waals surface area contributed by atoms with Crippen molar-refractivity contribution in [2.24, 2.45) is 10.2 Å². The molecule has 0 bridgehead atoms. The smallest absolute Gasteiger partial charge is 0.0891 e. The largest absolute Gasteiger partial charge is 0.151 e. The molecule has 0 aromatic heterocycles. The summed E-state index contributed by atoms with van der Waals surface area (Å²) in [6, 6.07) is 16.6. The number of azo groups is 1. The number of rotatable bonds is 14. The van der Waals surface area contributed by atoms with E-state index in [1.54, 1.807) is 0 Å². The summed E-state index contributed by atoms with van der Waals surface area (Å²) in [7, 11) is 0. The van der Waals surface area contributed by atoms with Gasteiger partial charge in [0.25, 0.3) is 0 Å².